The molecule has 3 amide bonds. The number of fused-ring (bicyclic) bond motifs is 2. The molecule has 6 rings (SSSR count). The number of carbonyl (C=O) groups excluding carboxylic acids is 3. The molecule has 4 aliphatic rings. The van der Waals surface area contributed by atoms with E-state index in [-0.39, 0.29) is 43.3 Å². The third-order valence-corrected chi connectivity index (χ3v) is 13.4. The molecule has 0 unspecified atom stereocenters. The third kappa shape index (κ3) is 5.92. The van der Waals surface area contributed by atoms with Gasteiger partial charge in [0.1, 0.15) is 0 Å². The van der Waals surface area contributed by atoms with Gasteiger partial charge in [0.2, 0.25) is 11.8 Å². The summed E-state index contributed by atoms with van der Waals surface area (Å²) in [4.78, 5) is 58.3. The maximum Gasteiger partial charge on any atom is 0.264 e. The first-order valence-corrected chi connectivity index (χ1v) is 20.2. The Morgan fingerprint density at radius 2 is 1.85 bits per heavy atom. The number of hydrogen-bond donors (Lipinski definition) is 2. The molecule has 0 aliphatic carbocycles. The van der Waals surface area contributed by atoms with Crippen molar-refractivity contribution < 1.29 is 29.0 Å². The number of aliphatic hydroxyl groups excluding tert-OH is 1. The fourth-order valence-electron chi connectivity index (χ4n) is 8.49. The van der Waals surface area contributed by atoms with Gasteiger partial charge < -0.3 is 29.3 Å². The van der Waals surface area contributed by atoms with Crippen LogP contribution in [0.3, 0.4) is 0 Å². The van der Waals surface area contributed by atoms with E-state index < -0.39 is 31.5 Å². The van der Waals surface area contributed by atoms with Gasteiger partial charge in [0.15, 0.2) is 13.9 Å². The predicted molar refractivity (Wildman–Crippen MR) is 180 cm³/mol. The van der Waals surface area contributed by atoms with Gasteiger partial charge in [-0.05, 0) is 74.7 Å². The van der Waals surface area contributed by atoms with Crippen molar-refractivity contribution in [2.24, 2.45) is 5.92 Å². The van der Waals surface area contributed by atoms with Gasteiger partial charge in [0.25, 0.3) is 5.91 Å². The highest BCUT2D eigenvalue weighted by Crippen LogP contribution is 2.60. The summed E-state index contributed by atoms with van der Waals surface area (Å²) in [7, 11) is -2.96. The van der Waals surface area contributed by atoms with Crippen LogP contribution >= 0.6 is 11.6 Å². The van der Waals surface area contributed by atoms with Crippen molar-refractivity contribution in [3.63, 3.8) is 0 Å². The van der Waals surface area contributed by atoms with Crippen LogP contribution in [0.1, 0.15) is 69.4 Å². The number of benzene rings is 2. The molecule has 11 heteroatoms. The fourth-order valence-corrected chi connectivity index (χ4v) is 11.2. The highest BCUT2D eigenvalue weighted by Gasteiger charge is 2.66. The Morgan fingerprint density at radius 1 is 1.07 bits per heavy atom. The van der Waals surface area contributed by atoms with Crippen LogP contribution in [0.5, 0.6) is 0 Å². The van der Waals surface area contributed by atoms with Crippen molar-refractivity contribution in [1.82, 2.24) is 4.90 Å². The maximum absolute atomic E-state index is 14.8. The summed E-state index contributed by atoms with van der Waals surface area (Å²) >= 11 is 6.55. The number of likely N-dealkylation sites (tertiary alicyclic amines) is 1. The number of nitrogens with zero attached hydrogens (tertiary/aromatic N) is 3. The number of halogens is 1. The number of ether oxygens (including phenoxy) is 1. The Kier molecular flexibility index (Phi) is 9.39. The average Bonchev–Trinajstić information content (AvgIpc) is 3.66. The van der Waals surface area contributed by atoms with Crippen LogP contribution in [0.4, 0.5) is 11.4 Å². The zero-order valence-electron chi connectivity index (χ0n) is 27.1. The van der Waals surface area contributed by atoms with E-state index in [1.807, 2.05) is 55.2 Å². The first-order chi connectivity index (χ1) is 22.0. The van der Waals surface area contributed by atoms with E-state index in [0.29, 0.717) is 35.8 Å². The van der Waals surface area contributed by atoms with Crippen LogP contribution in [-0.2, 0) is 31.3 Å². The minimum atomic E-state index is -2.96. The lowest BCUT2D eigenvalue weighted by molar-refractivity contribution is -0.150. The third-order valence-electron chi connectivity index (χ3n) is 10.6. The zero-order chi connectivity index (χ0) is 32.8. The smallest absolute Gasteiger partial charge is 0.264 e. The predicted octanol–water partition coefficient (Wildman–Crippen LogP) is 5.36. The molecule has 0 saturated carbocycles. The van der Waals surface area contributed by atoms with Gasteiger partial charge in [-0.25, -0.2) is 0 Å². The van der Waals surface area contributed by atoms with E-state index in [0.717, 1.165) is 49.8 Å². The summed E-state index contributed by atoms with van der Waals surface area (Å²) < 4.78 is 6.84. The molecule has 46 heavy (non-hydrogen) atoms. The molecule has 2 aromatic carbocycles. The largest absolute Gasteiger partial charge is 0.432 e. The minimum Gasteiger partial charge on any atom is -0.432 e. The molecule has 2 N–H and O–H groups in total. The van der Waals surface area contributed by atoms with Crippen molar-refractivity contribution >= 4 is 49.0 Å². The fraction of sp³-hybridized carbons (Fsp3) is 0.571. The van der Waals surface area contributed by atoms with E-state index in [1.165, 1.54) is 0 Å². The molecule has 4 heterocycles. The second-order valence-electron chi connectivity index (χ2n) is 14.1. The lowest BCUT2D eigenvalue weighted by Crippen LogP contribution is -2.46. The summed E-state index contributed by atoms with van der Waals surface area (Å²) in [6.45, 7) is 7.07. The van der Waals surface area contributed by atoms with Crippen LogP contribution in [0.25, 0.3) is 0 Å². The van der Waals surface area contributed by atoms with Crippen molar-refractivity contribution in [3.05, 3.63) is 58.6 Å². The van der Waals surface area contributed by atoms with E-state index >= 15 is 0 Å². The zero-order valence-corrected chi connectivity index (χ0v) is 28.8. The van der Waals surface area contributed by atoms with Crippen LogP contribution in [0.2, 0.25) is 23.7 Å². The van der Waals surface area contributed by atoms with Gasteiger partial charge in [0, 0.05) is 47.2 Å². The number of anilines is 2. The molecule has 5 atom stereocenters. The standard InChI is InChI=1S/C35H46ClN3O6Si/c1-23-33(46(2,3)44)30(20-32(42)38-17-9-12-27(38)22-40)45-35(23)28-19-25(36)14-15-29(28)39(34(35)43)21-24-10-8-11-26(18-24)37-16-7-5-4-6-13-31(37)41/h8,10-11,14-15,18-19,23,27,30,33,40,44H,4-7,9,12-13,16-17,20-22H2,1-3H3/t23-,27-,30+,33-,35+/m0/s1. The number of amides is 3. The molecule has 3 fully saturated rings. The Hall–Kier alpha value is -2.76. The monoisotopic (exact) mass is 667 g/mol. The molecule has 0 bridgehead atoms. The SMILES string of the molecule is C[C@H]1[C@H]([Si](C)(C)O)[C@@H](CC(=O)N2CCC[C@H]2CO)O[C@]12C(=O)N(Cc1cccc(N3CCCCCCC3=O)c1)c1ccc(Cl)cc12. The van der Waals surface area contributed by atoms with Gasteiger partial charge in [-0.15, -0.1) is 0 Å². The van der Waals surface area contributed by atoms with E-state index in [1.54, 1.807) is 21.9 Å². The molecule has 248 valence electrons. The van der Waals surface area contributed by atoms with Crippen LogP contribution in [-0.4, -0.2) is 72.7 Å². The molecule has 9 nitrogen and oxygen atoms in total. The Bertz CT molecular complexity index is 1500. The summed E-state index contributed by atoms with van der Waals surface area (Å²) in [6, 6.07) is 13.0. The second kappa shape index (κ2) is 13.0. The Balaban J connectivity index is 1.33. The normalized spacial score (nSPS) is 28.6. The molecule has 1 spiro atoms. The lowest BCUT2D eigenvalue weighted by atomic mass is 9.82. The van der Waals surface area contributed by atoms with Crippen molar-refractivity contribution in [3.8, 4) is 0 Å². The molecule has 0 radical (unpaired) electrons. The topological polar surface area (TPSA) is 111 Å². The molecular formula is C35H46ClN3O6Si. The van der Waals surface area contributed by atoms with Gasteiger partial charge in [-0.2, -0.15) is 0 Å². The molecule has 4 aliphatic heterocycles. The average molecular weight is 668 g/mol. The highest BCUT2D eigenvalue weighted by atomic mass is 35.5. The maximum atomic E-state index is 14.8. The number of rotatable bonds is 7. The van der Waals surface area contributed by atoms with Crippen LogP contribution in [0.15, 0.2) is 42.5 Å². The Morgan fingerprint density at radius 3 is 2.61 bits per heavy atom. The molecule has 3 saturated heterocycles. The molecular weight excluding hydrogens is 622 g/mol. The lowest BCUT2D eigenvalue weighted by Gasteiger charge is -2.33. The van der Waals surface area contributed by atoms with Gasteiger partial charge >= 0.3 is 0 Å². The van der Waals surface area contributed by atoms with Crippen LogP contribution < -0.4 is 9.80 Å². The van der Waals surface area contributed by atoms with Crippen LogP contribution in [0, 0.1) is 5.92 Å². The second-order valence-corrected chi connectivity index (χ2v) is 18.5. The van der Waals surface area contributed by atoms with Gasteiger partial charge in [0.05, 0.1) is 37.4 Å². The Labute approximate surface area is 277 Å². The van der Waals surface area contributed by atoms with Gasteiger partial charge in [-0.3, -0.25) is 14.4 Å². The van der Waals surface area contributed by atoms with E-state index in [2.05, 4.69) is 0 Å². The van der Waals surface area contributed by atoms with E-state index in [4.69, 9.17) is 16.3 Å². The van der Waals surface area contributed by atoms with Crippen molar-refractivity contribution in [2.75, 3.05) is 29.5 Å². The highest BCUT2D eigenvalue weighted by molar-refractivity contribution is 6.71. The number of carbonyl (C=O) groups is 3. The minimum absolute atomic E-state index is 0.0271. The number of aliphatic hydroxyl groups is 1. The van der Waals surface area contributed by atoms with Crippen molar-refractivity contribution in [2.45, 2.75) is 101 Å². The molecule has 2 aromatic rings. The summed E-state index contributed by atoms with van der Waals surface area (Å²) in [5.74, 6) is -0.664. The number of hydrogen-bond acceptors (Lipinski definition) is 6. The first-order valence-electron chi connectivity index (χ1n) is 16.8. The van der Waals surface area contributed by atoms with E-state index in [9.17, 15) is 24.3 Å². The first kappa shape index (κ1) is 33.1. The quantitative estimate of drug-likeness (QED) is 0.385. The summed E-state index contributed by atoms with van der Waals surface area (Å²) in [6.07, 6.45) is 5.52. The molecule has 0 aromatic heterocycles. The van der Waals surface area contributed by atoms with Crippen molar-refractivity contribution in [1.29, 1.82) is 0 Å². The summed E-state index contributed by atoms with van der Waals surface area (Å²) in [5.41, 5.74) is 1.25. The van der Waals surface area contributed by atoms with Gasteiger partial charge in [-0.1, -0.05) is 43.5 Å². The summed E-state index contributed by atoms with van der Waals surface area (Å²) in [5, 5.41) is 10.3.